The Bertz CT molecular complexity index is 331. The number of carbonyl (C=O) groups is 1. The fourth-order valence-electron chi connectivity index (χ4n) is 1.71. The van der Waals surface area contributed by atoms with Gasteiger partial charge in [0.05, 0.1) is 12.5 Å². The Morgan fingerprint density at radius 1 is 1.38 bits per heavy atom. The van der Waals surface area contributed by atoms with Crippen LogP contribution in [0.2, 0.25) is 0 Å². The normalized spacial score (nSPS) is 22.2. The highest BCUT2D eigenvalue weighted by Crippen LogP contribution is 2.24. The number of carbonyl (C=O) groups excluding carboxylic acids is 1. The smallest absolute Gasteiger partial charge is 0.168 e. The second-order valence-corrected chi connectivity index (χ2v) is 3.39. The summed E-state index contributed by atoms with van der Waals surface area (Å²) in [6.45, 7) is 2.85. The molecule has 0 unspecified atom stereocenters. The van der Waals surface area contributed by atoms with Gasteiger partial charge in [0.15, 0.2) is 5.78 Å². The van der Waals surface area contributed by atoms with Gasteiger partial charge in [-0.2, -0.15) is 0 Å². The van der Waals surface area contributed by atoms with Crippen molar-refractivity contribution in [2.45, 2.75) is 12.8 Å². The van der Waals surface area contributed by atoms with Gasteiger partial charge in [0.25, 0.3) is 0 Å². The van der Waals surface area contributed by atoms with Gasteiger partial charge in [0, 0.05) is 0 Å². The second kappa shape index (κ2) is 3.30. The van der Waals surface area contributed by atoms with Gasteiger partial charge in [0.1, 0.15) is 6.61 Å². The van der Waals surface area contributed by atoms with E-state index in [9.17, 15) is 4.79 Å². The highest BCUT2D eigenvalue weighted by molar-refractivity contribution is 5.88. The molecule has 2 rings (SSSR count). The van der Waals surface area contributed by atoms with Crippen LogP contribution in [-0.4, -0.2) is 19.0 Å². The van der Waals surface area contributed by atoms with Crippen molar-refractivity contribution in [1.82, 2.24) is 0 Å². The van der Waals surface area contributed by atoms with Crippen molar-refractivity contribution in [3.05, 3.63) is 35.4 Å². The molecule has 0 saturated carbocycles. The molecule has 2 heteroatoms. The molecule has 2 nitrogen and oxygen atoms in total. The quantitative estimate of drug-likeness (QED) is 0.650. The van der Waals surface area contributed by atoms with Crippen LogP contribution in [0.1, 0.15) is 17.0 Å². The third kappa shape index (κ3) is 1.49. The van der Waals surface area contributed by atoms with Crippen molar-refractivity contribution in [3.8, 4) is 0 Å². The van der Waals surface area contributed by atoms with Crippen LogP contribution in [0.4, 0.5) is 0 Å². The molecule has 1 atom stereocenters. The number of aryl methyl sites for hydroxylation is 1. The number of hydrogen-bond donors (Lipinski definition) is 0. The number of ether oxygens (including phenoxy) is 1. The Labute approximate surface area is 77.5 Å². The Morgan fingerprint density at radius 2 is 2.15 bits per heavy atom. The molecule has 0 N–H and O–H groups in total. The van der Waals surface area contributed by atoms with Crippen LogP contribution in [0.15, 0.2) is 24.3 Å². The molecule has 1 aromatic carbocycles. The number of benzene rings is 1. The Balaban J connectivity index is 2.34. The molecule has 1 aliphatic rings. The molecule has 1 aromatic rings. The number of rotatable bonds is 1. The van der Waals surface area contributed by atoms with Crippen LogP contribution in [0, 0.1) is 6.92 Å². The predicted octanol–water partition coefficient (Wildman–Crippen LogP) is 1.68. The fourth-order valence-corrected chi connectivity index (χ4v) is 1.71. The summed E-state index contributed by atoms with van der Waals surface area (Å²) in [6.07, 6.45) is 0. The van der Waals surface area contributed by atoms with Gasteiger partial charge in [-0.15, -0.1) is 0 Å². The molecule has 13 heavy (non-hydrogen) atoms. The van der Waals surface area contributed by atoms with Crippen LogP contribution in [0.5, 0.6) is 0 Å². The van der Waals surface area contributed by atoms with Crippen molar-refractivity contribution in [3.63, 3.8) is 0 Å². The first-order chi connectivity index (χ1) is 6.29. The molecule has 1 aliphatic heterocycles. The summed E-state index contributed by atoms with van der Waals surface area (Å²) < 4.78 is 5.13. The van der Waals surface area contributed by atoms with Crippen LogP contribution < -0.4 is 0 Å². The van der Waals surface area contributed by atoms with E-state index in [0.29, 0.717) is 6.61 Å². The highest BCUT2D eigenvalue weighted by Gasteiger charge is 2.27. The van der Waals surface area contributed by atoms with Gasteiger partial charge >= 0.3 is 0 Å². The maximum absolute atomic E-state index is 11.4. The lowest BCUT2D eigenvalue weighted by molar-refractivity contribution is -0.118. The van der Waals surface area contributed by atoms with Crippen LogP contribution in [0.3, 0.4) is 0 Å². The van der Waals surface area contributed by atoms with E-state index in [0.717, 1.165) is 5.56 Å². The van der Waals surface area contributed by atoms with Gasteiger partial charge in [-0.1, -0.05) is 24.3 Å². The maximum atomic E-state index is 11.4. The average molecular weight is 176 g/mol. The fraction of sp³-hybridized carbons (Fsp3) is 0.364. The first kappa shape index (κ1) is 8.45. The van der Waals surface area contributed by atoms with Crippen molar-refractivity contribution in [1.29, 1.82) is 0 Å². The summed E-state index contributed by atoms with van der Waals surface area (Å²) in [5.74, 6) is 0.176. The summed E-state index contributed by atoms with van der Waals surface area (Å²) in [7, 11) is 0. The third-order valence-electron chi connectivity index (χ3n) is 2.48. The van der Waals surface area contributed by atoms with Crippen LogP contribution in [-0.2, 0) is 9.53 Å². The lowest BCUT2D eigenvalue weighted by Gasteiger charge is -2.09. The topological polar surface area (TPSA) is 26.3 Å². The molecule has 0 aromatic heterocycles. The minimum Gasteiger partial charge on any atom is -0.373 e. The SMILES string of the molecule is Cc1ccccc1[C@H]1COCC1=O. The van der Waals surface area contributed by atoms with Crippen molar-refractivity contribution in [2.75, 3.05) is 13.2 Å². The van der Waals surface area contributed by atoms with Crippen LogP contribution >= 0.6 is 0 Å². The van der Waals surface area contributed by atoms with E-state index < -0.39 is 0 Å². The number of ketones is 1. The molecular formula is C11H12O2. The van der Waals surface area contributed by atoms with Gasteiger partial charge in [0.2, 0.25) is 0 Å². The van der Waals surface area contributed by atoms with Crippen molar-refractivity contribution in [2.24, 2.45) is 0 Å². The summed E-state index contributed by atoms with van der Waals surface area (Å²) in [5.41, 5.74) is 2.29. The Hall–Kier alpha value is -1.15. The van der Waals surface area contributed by atoms with Crippen molar-refractivity contribution >= 4 is 5.78 Å². The first-order valence-corrected chi connectivity index (χ1v) is 4.45. The van der Waals surface area contributed by atoms with Gasteiger partial charge < -0.3 is 4.74 Å². The lowest BCUT2D eigenvalue weighted by Crippen LogP contribution is -2.10. The zero-order valence-corrected chi connectivity index (χ0v) is 7.62. The summed E-state index contributed by atoms with van der Waals surface area (Å²) in [4.78, 5) is 11.4. The Kier molecular flexibility index (Phi) is 2.15. The predicted molar refractivity (Wildman–Crippen MR) is 49.7 cm³/mol. The van der Waals surface area contributed by atoms with E-state index in [4.69, 9.17) is 4.74 Å². The molecule has 0 amide bonds. The number of hydrogen-bond acceptors (Lipinski definition) is 2. The standard InChI is InChI=1S/C11H12O2/c1-8-4-2-3-5-9(8)10-6-13-7-11(10)12/h2-5,10H,6-7H2,1H3/t10-/m1/s1. The molecule has 0 radical (unpaired) electrons. The molecule has 1 heterocycles. The summed E-state index contributed by atoms with van der Waals surface area (Å²) in [6, 6.07) is 7.99. The molecule has 0 spiro atoms. The molecule has 1 fully saturated rings. The van der Waals surface area contributed by atoms with E-state index in [-0.39, 0.29) is 18.3 Å². The molecule has 68 valence electrons. The minimum atomic E-state index is -0.0267. The highest BCUT2D eigenvalue weighted by atomic mass is 16.5. The number of Topliss-reactive ketones (excluding diaryl/α,β-unsaturated/α-hetero) is 1. The van der Waals surface area contributed by atoms with E-state index >= 15 is 0 Å². The molecular weight excluding hydrogens is 164 g/mol. The first-order valence-electron chi connectivity index (χ1n) is 4.45. The molecule has 0 bridgehead atoms. The minimum absolute atomic E-state index is 0.0267. The summed E-state index contributed by atoms with van der Waals surface area (Å²) in [5, 5.41) is 0. The van der Waals surface area contributed by atoms with Crippen molar-refractivity contribution < 1.29 is 9.53 Å². The van der Waals surface area contributed by atoms with Crippen LogP contribution in [0.25, 0.3) is 0 Å². The van der Waals surface area contributed by atoms with E-state index in [1.54, 1.807) is 0 Å². The third-order valence-corrected chi connectivity index (χ3v) is 2.48. The van der Waals surface area contributed by atoms with Gasteiger partial charge in [-0.05, 0) is 18.1 Å². The lowest BCUT2D eigenvalue weighted by atomic mass is 9.94. The monoisotopic (exact) mass is 176 g/mol. The largest absolute Gasteiger partial charge is 0.373 e. The van der Waals surface area contributed by atoms with Gasteiger partial charge in [-0.3, -0.25) is 4.79 Å². The van der Waals surface area contributed by atoms with E-state index in [2.05, 4.69) is 0 Å². The zero-order valence-electron chi connectivity index (χ0n) is 7.62. The van der Waals surface area contributed by atoms with Gasteiger partial charge in [-0.25, -0.2) is 0 Å². The maximum Gasteiger partial charge on any atom is 0.168 e. The Morgan fingerprint density at radius 3 is 2.77 bits per heavy atom. The second-order valence-electron chi connectivity index (χ2n) is 3.39. The molecule has 0 aliphatic carbocycles. The summed E-state index contributed by atoms with van der Waals surface area (Å²) >= 11 is 0. The molecule has 1 saturated heterocycles. The average Bonchev–Trinajstić information content (AvgIpc) is 2.52. The van der Waals surface area contributed by atoms with E-state index in [1.165, 1.54) is 5.56 Å². The zero-order chi connectivity index (χ0) is 9.26. The van der Waals surface area contributed by atoms with E-state index in [1.807, 2.05) is 31.2 Å².